The SMILES string of the molecule is O=C(CN1CSc2ccccc21)N(O)O. The summed E-state index contributed by atoms with van der Waals surface area (Å²) in [5, 5.41) is 16.7. The van der Waals surface area contributed by atoms with E-state index in [1.165, 1.54) is 0 Å². The van der Waals surface area contributed by atoms with E-state index in [0.29, 0.717) is 5.88 Å². The van der Waals surface area contributed by atoms with Crippen LogP contribution in [0, 0.1) is 0 Å². The molecule has 5 nitrogen and oxygen atoms in total. The number of nitrogens with zero attached hydrogens (tertiary/aromatic N) is 2. The van der Waals surface area contributed by atoms with Gasteiger partial charge in [0.15, 0.2) is 0 Å². The van der Waals surface area contributed by atoms with Gasteiger partial charge in [-0.25, -0.2) is 0 Å². The predicted octanol–water partition coefficient (Wildman–Crippen LogP) is 1.16. The van der Waals surface area contributed by atoms with Gasteiger partial charge in [-0.15, -0.1) is 11.8 Å². The Balaban J connectivity index is 2.11. The van der Waals surface area contributed by atoms with E-state index in [0.717, 1.165) is 10.6 Å². The molecule has 6 heteroatoms. The van der Waals surface area contributed by atoms with Crippen molar-refractivity contribution in [2.75, 3.05) is 17.3 Å². The lowest BCUT2D eigenvalue weighted by atomic mass is 10.3. The molecule has 1 aromatic rings. The highest BCUT2D eigenvalue weighted by molar-refractivity contribution is 7.99. The first-order valence-electron chi connectivity index (χ1n) is 4.36. The Morgan fingerprint density at radius 1 is 1.47 bits per heavy atom. The lowest BCUT2D eigenvalue weighted by molar-refractivity contribution is -0.283. The quantitative estimate of drug-likeness (QED) is 0.585. The molecule has 1 aliphatic rings. The molecule has 2 N–H and O–H groups in total. The molecule has 2 rings (SSSR count). The van der Waals surface area contributed by atoms with Crippen LogP contribution in [-0.4, -0.2) is 34.0 Å². The molecule has 0 unspecified atom stereocenters. The van der Waals surface area contributed by atoms with E-state index in [1.807, 2.05) is 24.3 Å². The first kappa shape index (κ1) is 10.3. The van der Waals surface area contributed by atoms with Crippen molar-refractivity contribution in [1.29, 1.82) is 0 Å². The van der Waals surface area contributed by atoms with Crippen molar-refractivity contribution in [1.82, 2.24) is 5.23 Å². The molecular formula is C9H10N2O3S. The Kier molecular flexibility index (Phi) is 2.81. The molecule has 15 heavy (non-hydrogen) atoms. The number of carbonyl (C=O) groups excluding carboxylic acids is 1. The Labute approximate surface area is 90.8 Å². The highest BCUT2D eigenvalue weighted by Gasteiger charge is 2.22. The topological polar surface area (TPSA) is 64.0 Å². The monoisotopic (exact) mass is 226 g/mol. The third kappa shape index (κ3) is 2.06. The van der Waals surface area contributed by atoms with Crippen molar-refractivity contribution in [2.24, 2.45) is 0 Å². The number of hydrogen-bond donors (Lipinski definition) is 2. The van der Waals surface area contributed by atoms with Gasteiger partial charge in [-0.3, -0.25) is 15.2 Å². The van der Waals surface area contributed by atoms with Crippen molar-refractivity contribution >= 4 is 23.4 Å². The predicted molar refractivity (Wildman–Crippen MR) is 54.9 cm³/mol. The summed E-state index contributed by atoms with van der Waals surface area (Å²) in [6.45, 7) is -0.0307. The van der Waals surface area contributed by atoms with Crippen LogP contribution in [0.15, 0.2) is 29.2 Å². The summed E-state index contributed by atoms with van der Waals surface area (Å²) < 4.78 is 0. The average molecular weight is 226 g/mol. The Bertz CT molecular complexity index is 383. The number of carbonyl (C=O) groups is 1. The van der Waals surface area contributed by atoms with Gasteiger partial charge < -0.3 is 4.90 Å². The van der Waals surface area contributed by atoms with Crippen LogP contribution in [0.1, 0.15) is 0 Å². The number of para-hydroxylation sites is 1. The number of fused-ring (bicyclic) bond motifs is 1. The maximum atomic E-state index is 11.1. The molecule has 1 heterocycles. The zero-order valence-electron chi connectivity index (χ0n) is 7.83. The maximum absolute atomic E-state index is 11.1. The van der Waals surface area contributed by atoms with Crippen LogP contribution >= 0.6 is 11.8 Å². The fourth-order valence-corrected chi connectivity index (χ4v) is 2.46. The number of hydroxylamine groups is 2. The molecule has 0 fully saturated rings. The van der Waals surface area contributed by atoms with Gasteiger partial charge >= 0.3 is 0 Å². The molecule has 1 aliphatic heterocycles. The van der Waals surface area contributed by atoms with Crippen molar-refractivity contribution in [2.45, 2.75) is 4.90 Å². The summed E-state index contributed by atoms with van der Waals surface area (Å²) >= 11 is 1.62. The average Bonchev–Trinajstić information content (AvgIpc) is 2.62. The smallest absolute Gasteiger partial charge is 0.292 e. The molecule has 1 amide bonds. The van der Waals surface area contributed by atoms with Crippen molar-refractivity contribution in [3.05, 3.63) is 24.3 Å². The van der Waals surface area contributed by atoms with Gasteiger partial charge in [-0.05, 0) is 12.1 Å². The molecule has 0 radical (unpaired) electrons. The van der Waals surface area contributed by atoms with Gasteiger partial charge in [0.05, 0.1) is 11.6 Å². The van der Waals surface area contributed by atoms with Crippen LogP contribution in [0.2, 0.25) is 0 Å². The molecule has 0 aromatic heterocycles. The summed E-state index contributed by atoms with van der Waals surface area (Å²) in [6, 6.07) is 7.70. The van der Waals surface area contributed by atoms with Crippen LogP contribution in [0.3, 0.4) is 0 Å². The third-order valence-corrected chi connectivity index (χ3v) is 3.23. The molecule has 80 valence electrons. The fraction of sp³-hybridized carbons (Fsp3) is 0.222. The number of hydrogen-bond acceptors (Lipinski definition) is 5. The second-order valence-corrected chi connectivity index (χ2v) is 4.11. The van der Waals surface area contributed by atoms with E-state index in [4.69, 9.17) is 10.4 Å². The Hall–Kier alpha value is -1.24. The lowest BCUT2D eigenvalue weighted by Gasteiger charge is -2.18. The van der Waals surface area contributed by atoms with Crippen LogP contribution in [0.25, 0.3) is 0 Å². The van der Waals surface area contributed by atoms with E-state index in [2.05, 4.69) is 0 Å². The molecule has 0 bridgehead atoms. The zero-order chi connectivity index (χ0) is 10.8. The summed E-state index contributed by atoms with van der Waals surface area (Å²) in [5.41, 5.74) is 0.956. The molecule has 1 aromatic carbocycles. The van der Waals surface area contributed by atoms with Crippen molar-refractivity contribution in [3.8, 4) is 0 Å². The van der Waals surface area contributed by atoms with Crippen LogP contribution in [0.5, 0.6) is 0 Å². The normalized spacial score (nSPS) is 13.9. The van der Waals surface area contributed by atoms with E-state index >= 15 is 0 Å². The molecule has 0 aliphatic carbocycles. The summed E-state index contributed by atoms with van der Waals surface area (Å²) in [6.07, 6.45) is 0. The number of rotatable bonds is 2. The first-order chi connectivity index (χ1) is 7.18. The van der Waals surface area contributed by atoms with Gasteiger partial charge in [0.1, 0.15) is 6.54 Å². The van der Waals surface area contributed by atoms with E-state index in [9.17, 15) is 4.79 Å². The van der Waals surface area contributed by atoms with E-state index in [-0.39, 0.29) is 11.8 Å². The Morgan fingerprint density at radius 2 is 2.20 bits per heavy atom. The number of benzene rings is 1. The molecular weight excluding hydrogens is 216 g/mol. The van der Waals surface area contributed by atoms with Gasteiger partial charge in [-0.1, -0.05) is 17.4 Å². The highest BCUT2D eigenvalue weighted by Crippen LogP contribution is 2.37. The van der Waals surface area contributed by atoms with E-state index in [1.54, 1.807) is 16.7 Å². The summed E-state index contributed by atoms with van der Waals surface area (Å²) in [4.78, 5) is 14.0. The molecule has 0 saturated heterocycles. The van der Waals surface area contributed by atoms with Gasteiger partial charge in [0, 0.05) is 4.90 Å². The molecule has 0 saturated carbocycles. The molecule has 0 spiro atoms. The Morgan fingerprint density at radius 3 is 2.93 bits per heavy atom. The third-order valence-electron chi connectivity index (χ3n) is 2.13. The second-order valence-electron chi connectivity index (χ2n) is 3.12. The largest absolute Gasteiger partial charge is 0.352 e. The number of anilines is 1. The lowest BCUT2D eigenvalue weighted by Crippen LogP contribution is -2.35. The molecule has 0 atom stereocenters. The number of amides is 1. The van der Waals surface area contributed by atoms with Gasteiger partial charge in [0.25, 0.3) is 5.91 Å². The second kappa shape index (κ2) is 4.09. The first-order valence-corrected chi connectivity index (χ1v) is 5.34. The summed E-state index contributed by atoms with van der Waals surface area (Å²) in [5.74, 6) is -0.0915. The van der Waals surface area contributed by atoms with Crippen molar-refractivity contribution < 1.29 is 15.2 Å². The standard InChI is InChI=1S/C9H10N2O3S/c12-9(11(13)14)5-10-6-15-8-4-2-1-3-7(8)10/h1-4,13-14H,5-6H2. The van der Waals surface area contributed by atoms with Crippen LogP contribution in [-0.2, 0) is 4.79 Å². The van der Waals surface area contributed by atoms with Crippen molar-refractivity contribution in [3.63, 3.8) is 0 Å². The van der Waals surface area contributed by atoms with Crippen LogP contribution in [0.4, 0.5) is 5.69 Å². The number of thioether (sulfide) groups is 1. The summed E-state index contributed by atoms with van der Waals surface area (Å²) in [7, 11) is 0. The van der Waals surface area contributed by atoms with Gasteiger partial charge in [0.2, 0.25) is 0 Å². The highest BCUT2D eigenvalue weighted by atomic mass is 32.2. The van der Waals surface area contributed by atoms with Gasteiger partial charge in [-0.2, -0.15) is 0 Å². The minimum absolute atomic E-state index is 0.0307. The van der Waals surface area contributed by atoms with E-state index < -0.39 is 5.91 Å². The minimum atomic E-state index is -0.743. The van der Waals surface area contributed by atoms with Crippen LogP contribution < -0.4 is 4.90 Å². The minimum Gasteiger partial charge on any atom is -0.352 e. The maximum Gasteiger partial charge on any atom is 0.292 e. The fourth-order valence-electron chi connectivity index (χ4n) is 1.41. The zero-order valence-corrected chi connectivity index (χ0v) is 8.65.